The van der Waals surface area contributed by atoms with Gasteiger partial charge in [0, 0.05) is 32.7 Å². The van der Waals surface area contributed by atoms with E-state index in [9.17, 15) is 4.79 Å². The van der Waals surface area contributed by atoms with Gasteiger partial charge in [0.25, 0.3) is 0 Å². The molecule has 0 bridgehead atoms. The number of carbonyl (C=O) groups is 1. The Balaban J connectivity index is 1.83. The fraction of sp³-hybridized carbons (Fsp3) is 0.929. The Morgan fingerprint density at radius 1 is 1.33 bits per heavy atom. The first-order valence-electron chi connectivity index (χ1n) is 7.42. The van der Waals surface area contributed by atoms with Crippen molar-refractivity contribution in [2.24, 2.45) is 5.92 Å². The maximum absolute atomic E-state index is 12.4. The quantitative estimate of drug-likeness (QED) is 0.813. The normalized spacial score (nSPS) is 27.1. The zero-order chi connectivity index (χ0) is 13.0. The van der Waals surface area contributed by atoms with Gasteiger partial charge in [0.05, 0.1) is 5.92 Å². The Morgan fingerprint density at radius 3 is 2.61 bits per heavy atom. The lowest BCUT2D eigenvalue weighted by molar-refractivity contribution is -0.137. The second kappa shape index (κ2) is 6.53. The highest BCUT2D eigenvalue weighted by Gasteiger charge is 2.29. The van der Waals surface area contributed by atoms with Crippen LogP contribution in [0.1, 0.15) is 32.6 Å². The molecule has 0 aromatic rings. The predicted molar refractivity (Wildman–Crippen MR) is 73.5 cm³/mol. The summed E-state index contributed by atoms with van der Waals surface area (Å²) in [5.41, 5.74) is 0. The maximum Gasteiger partial charge on any atom is 0.226 e. The van der Waals surface area contributed by atoms with Gasteiger partial charge in [-0.05, 0) is 38.8 Å². The first-order valence-corrected chi connectivity index (χ1v) is 7.42. The molecule has 1 amide bonds. The lowest BCUT2D eigenvalue weighted by Crippen LogP contribution is -2.49. The highest BCUT2D eigenvalue weighted by Crippen LogP contribution is 2.19. The first kappa shape index (κ1) is 13.8. The Morgan fingerprint density at radius 2 is 2.06 bits per heavy atom. The molecule has 0 spiro atoms. The van der Waals surface area contributed by atoms with Crippen molar-refractivity contribution in [3.63, 3.8) is 0 Å². The Kier molecular flexibility index (Phi) is 5.01. The number of carbonyl (C=O) groups excluding carboxylic acids is 1. The molecule has 2 rings (SSSR count). The van der Waals surface area contributed by atoms with Gasteiger partial charge in [-0.2, -0.15) is 0 Å². The van der Waals surface area contributed by atoms with E-state index in [0.717, 1.165) is 58.4 Å². The summed E-state index contributed by atoms with van der Waals surface area (Å²) in [6, 6.07) is 0.460. The highest BCUT2D eigenvalue weighted by atomic mass is 16.2. The molecule has 104 valence electrons. The average molecular weight is 253 g/mol. The first-order chi connectivity index (χ1) is 8.72. The Hall–Kier alpha value is -0.610. The summed E-state index contributed by atoms with van der Waals surface area (Å²) in [5.74, 6) is 0.574. The zero-order valence-corrected chi connectivity index (χ0v) is 11.8. The molecular formula is C14H27N3O. The highest BCUT2D eigenvalue weighted by molar-refractivity contribution is 5.79. The molecule has 0 aromatic heterocycles. The molecule has 2 aliphatic heterocycles. The maximum atomic E-state index is 12.4. The minimum absolute atomic E-state index is 0.216. The second-order valence-electron chi connectivity index (χ2n) is 5.66. The number of likely N-dealkylation sites (tertiary alicyclic amines) is 1. The van der Waals surface area contributed by atoms with E-state index < -0.39 is 0 Å². The van der Waals surface area contributed by atoms with Crippen LogP contribution < -0.4 is 5.32 Å². The van der Waals surface area contributed by atoms with Crippen LogP contribution in [0.5, 0.6) is 0 Å². The van der Waals surface area contributed by atoms with Crippen molar-refractivity contribution in [3.05, 3.63) is 0 Å². The molecule has 2 aliphatic rings. The van der Waals surface area contributed by atoms with Crippen molar-refractivity contribution in [2.45, 2.75) is 38.6 Å². The van der Waals surface area contributed by atoms with E-state index in [1.54, 1.807) is 0 Å². The van der Waals surface area contributed by atoms with E-state index in [1.807, 2.05) is 11.9 Å². The summed E-state index contributed by atoms with van der Waals surface area (Å²) in [7, 11) is 2.00. The number of nitrogens with zero attached hydrogens (tertiary/aromatic N) is 2. The van der Waals surface area contributed by atoms with E-state index in [-0.39, 0.29) is 5.92 Å². The molecule has 0 aliphatic carbocycles. The number of amides is 1. The van der Waals surface area contributed by atoms with Gasteiger partial charge in [-0.15, -0.1) is 0 Å². The van der Waals surface area contributed by atoms with E-state index in [2.05, 4.69) is 17.1 Å². The third-order valence-corrected chi connectivity index (χ3v) is 4.55. The van der Waals surface area contributed by atoms with Crippen LogP contribution in [-0.4, -0.2) is 61.5 Å². The van der Waals surface area contributed by atoms with Gasteiger partial charge in [-0.3, -0.25) is 4.79 Å². The van der Waals surface area contributed by atoms with Crippen LogP contribution in [0.2, 0.25) is 0 Å². The van der Waals surface area contributed by atoms with Gasteiger partial charge >= 0.3 is 0 Å². The van der Waals surface area contributed by atoms with Gasteiger partial charge in [-0.25, -0.2) is 0 Å². The molecule has 2 fully saturated rings. The van der Waals surface area contributed by atoms with Crippen molar-refractivity contribution in [1.82, 2.24) is 15.1 Å². The van der Waals surface area contributed by atoms with Gasteiger partial charge in [0.1, 0.15) is 0 Å². The van der Waals surface area contributed by atoms with Crippen LogP contribution in [0.3, 0.4) is 0 Å². The van der Waals surface area contributed by atoms with Crippen molar-refractivity contribution in [2.75, 3.05) is 39.8 Å². The van der Waals surface area contributed by atoms with Crippen molar-refractivity contribution in [3.8, 4) is 0 Å². The van der Waals surface area contributed by atoms with E-state index in [4.69, 9.17) is 0 Å². The summed E-state index contributed by atoms with van der Waals surface area (Å²) >= 11 is 0. The van der Waals surface area contributed by atoms with Gasteiger partial charge in [0.15, 0.2) is 0 Å². The minimum atomic E-state index is 0.216. The van der Waals surface area contributed by atoms with Gasteiger partial charge < -0.3 is 15.1 Å². The lowest BCUT2D eigenvalue weighted by atomic mass is 9.96. The van der Waals surface area contributed by atoms with E-state index >= 15 is 0 Å². The van der Waals surface area contributed by atoms with Gasteiger partial charge in [0.2, 0.25) is 5.91 Å². The van der Waals surface area contributed by atoms with Crippen molar-refractivity contribution < 1.29 is 4.79 Å². The van der Waals surface area contributed by atoms with Crippen molar-refractivity contribution >= 4 is 5.91 Å². The molecule has 0 saturated carbocycles. The topological polar surface area (TPSA) is 35.6 Å². The molecule has 0 unspecified atom stereocenters. The number of piperidine rings is 2. The smallest absolute Gasteiger partial charge is 0.226 e. The molecule has 2 saturated heterocycles. The summed E-state index contributed by atoms with van der Waals surface area (Å²) in [5, 5.41) is 3.33. The fourth-order valence-electron chi connectivity index (χ4n) is 3.15. The van der Waals surface area contributed by atoms with Crippen LogP contribution in [0, 0.1) is 5.92 Å². The largest absolute Gasteiger partial charge is 0.342 e. The minimum Gasteiger partial charge on any atom is -0.342 e. The molecule has 18 heavy (non-hydrogen) atoms. The molecule has 0 radical (unpaired) electrons. The molecule has 4 nitrogen and oxygen atoms in total. The van der Waals surface area contributed by atoms with Crippen LogP contribution in [0.25, 0.3) is 0 Å². The standard InChI is InChI=1S/C14H27N3O/c1-3-17-9-6-13(7-10-17)16(2)14(18)12-5-4-8-15-11-12/h12-13,15H,3-11H2,1-2H3/t12-/m0/s1. The van der Waals surface area contributed by atoms with Crippen LogP contribution in [0.15, 0.2) is 0 Å². The van der Waals surface area contributed by atoms with Crippen LogP contribution >= 0.6 is 0 Å². The summed E-state index contributed by atoms with van der Waals surface area (Å²) in [6.45, 7) is 7.57. The predicted octanol–water partition coefficient (Wildman–Crippen LogP) is 0.929. The van der Waals surface area contributed by atoms with Gasteiger partial charge in [-0.1, -0.05) is 6.92 Å². The van der Waals surface area contributed by atoms with Crippen LogP contribution in [-0.2, 0) is 4.79 Å². The fourth-order valence-corrected chi connectivity index (χ4v) is 3.15. The molecule has 1 atom stereocenters. The Labute approximate surface area is 111 Å². The van der Waals surface area contributed by atoms with Crippen molar-refractivity contribution in [1.29, 1.82) is 0 Å². The van der Waals surface area contributed by atoms with E-state index in [1.165, 1.54) is 0 Å². The second-order valence-corrected chi connectivity index (χ2v) is 5.66. The molecule has 1 N–H and O–H groups in total. The number of nitrogens with one attached hydrogen (secondary N) is 1. The zero-order valence-electron chi connectivity index (χ0n) is 11.8. The number of hydrogen-bond donors (Lipinski definition) is 1. The number of hydrogen-bond acceptors (Lipinski definition) is 3. The van der Waals surface area contributed by atoms with E-state index in [0.29, 0.717) is 11.9 Å². The molecule has 0 aromatic carbocycles. The molecule has 4 heteroatoms. The number of rotatable bonds is 3. The molecule has 2 heterocycles. The average Bonchev–Trinajstić information content (AvgIpc) is 2.47. The monoisotopic (exact) mass is 253 g/mol. The Bertz CT molecular complexity index is 268. The lowest BCUT2D eigenvalue weighted by Gasteiger charge is -2.38. The van der Waals surface area contributed by atoms with Crippen LogP contribution in [0.4, 0.5) is 0 Å². The SMILES string of the molecule is CCN1CCC(N(C)C(=O)[C@H]2CCCNC2)CC1. The third kappa shape index (κ3) is 3.23. The summed E-state index contributed by atoms with van der Waals surface area (Å²) in [6.07, 6.45) is 4.47. The third-order valence-electron chi connectivity index (χ3n) is 4.55. The summed E-state index contributed by atoms with van der Waals surface area (Å²) in [4.78, 5) is 16.9. The summed E-state index contributed by atoms with van der Waals surface area (Å²) < 4.78 is 0. The molecular weight excluding hydrogens is 226 g/mol.